The fraction of sp³-hybridized carbons (Fsp3) is 0.700. The van der Waals surface area contributed by atoms with Gasteiger partial charge in [0, 0.05) is 6.42 Å². The van der Waals surface area contributed by atoms with Crippen LogP contribution in [0.15, 0.2) is 0 Å². The van der Waals surface area contributed by atoms with Crippen LogP contribution >= 0.6 is 8.61 Å². The lowest BCUT2D eigenvalue weighted by Gasteiger charge is -2.24. The molecule has 0 fully saturated rings. The predicted octanol–water partition coefficient (Wildman–Crippen LogP) is 0.264. The summed E-state index contributed by atoms with van der Waals surface area (Å²) in [5.74, 6) is -2.18. The molecule has 0 aromatic carbocycles. The van der Waals surface area contributed by atoms with Crippen LogP contribution in [0.3, 0.4) is 0 Å². The molecule has 104 valence electrons. The Kier molecular flexibility index (Phi) is 7.27. The van der Waals surface area contributed by atoms with E-state index in [1.807, 2.05) is 6.92 Å². The lowest BCUT2D eigenvalue weighted by molar-refractivity contribution is -0.146. The highest BCUT2D eigenvalue weighted by atomic mass is 31.1. The molecule has 3 atom stereocenters. The van der Waals surface area contributed by atoms with Crippen LogP contribution in [0.1, 0.15) is 33.6 Å². The van der Waals surface area contributed by atoms with Crippen LogP contribution in [0.5, 0.6) is 0 Å². The van der Waals surface area contributed by atoms with Gasteiger partial charge in [-0.3, -0.25) is 14.3 Å². The van der Waals surface area contributed by atoms with Gasteiger partial charge in [-0.1, -0.05) is 6.92 Å². The van der Waals surface area contributed by atoms with Crippen molar-refractivity contribution in [2.24, 2.45) is 0 Å². The Bertz CT molecular complexity index is 347. The van der Waals surface area contributed by atoms with Gasteiger partial charge in [-0.2, -0.15) is 0 Å². The van der Waals surface area contributed by atoms with Crippen molar-refractivity contribution < 1.29 is 24.1 Å². The second kappa shape index (κ2) is 7.87. The van der Waals surface area contributed by atoms with Crippen molar-refractivity contribution in [1.82, 2.24) is 9.99 Å². The van der Waals surface area contributed by atoms with Crippen molar-refractivity contribution in [3.8, 4) is 0 Å². The third kappa shape index (κ3) is 4.87. The minimum atomic E-state index is -1.70. The summed E-state index contributed by atoms with van der Waals surface area (Å²) in [4.78, 5) is 33.9. The van der Waals surface area contributed by atoms with Crippen molar-refractivity contribution in [2.75, 3.05) is 0 Å². The average molecular weight is 278 g/mol. The highest BCUT2D eigenvalue weighted by Crippen LogP contribution is 2.13. The predicted molar refractivity (Wildman–Crippen MR) is 66.9 cm³/mol. The topological polar surface area (TPSA) is 104 Å². The highest BCUT2D eigenvalue weighted by molar-refractivity contribution is 7.22. The Morgan fingerprint density at radius 2 is 1.89 bits per heavy atom. The van der Waals surface area contributed by atoms with Crippen LogP contribution in [0.4, 0.5) is 0 Å². The normalized spacial score (nSPS) is 14.2. The monoisotopic (exact) mass is 278 g/mol. The van der Waals surface area contributed by atoms with E-state index in [0.29, 0.717) is 6.42 Å². The number of hydrogen-bond donors (Lipinski definition) is 2. The van der Waals surface area contributed by atoms with Crippen LogP contribution in [-0.2, 0) is 18.9 Å². The molecule has 0 saturated heterocycles. The molecule has 0 heterocycles. The van der Waals surface area contributed by atoms with Gasteiger partial charge in [0.1, 0.15) is 12.1 Å². The lowest BCUT2D eigenvalue weighted by Crippen LogP contribution is -2.48. The zero-order chi connectivity index (χ0) is 14.3. The largest absolute Gasteiger partial charge is 0.480 e. The van der Waals surface area contributed by atoms with E-state index in [4.69, 9.17) is 5.11 Å². The van der Waals surface area contributed by atoms with Gasteiger partial charge in [-0.15, -0.1) is 0 Å². The Balaban J connectivity index is 4.64. The van der Waals surface area contributed by atoms with Gasteiger partial charge in [-0.25, -0.2) is 4.79 Å². The molecule has 0 aromatic heterocycles. The van der Waals surface area contributed by atoms with Crippen molar-refractivity contribution in [1.29, 1.82) is 0 Å². The molecule has 0 aliphatic rings. The number of carboxylic acid groups (broad SMARTS) is 1. The van der Waals surface area contributed by atoms with Gasteiger partial charge >= 0.3 is 5.97 Å². The third-order valence-corrected chi connectivity index (χ3v) is 3.30. The molecule has 7 nitrogen and oxygen atoms in total. The summed E-state index contributed by atoms with van der Waals surface area (Å²) in [5.41, 5.74) is 0. The van der Waals surface area contributed by atoms with E-state index in [-0.39, 0.29) is 12.3 Å². The molecule has 0 aliphatic carbocycles. The number of amides is 2. The molecule has 2 amide bonds. The molecule has 0 aliphatic heterocycles. The van der Waals surface area contributed by atoms with Crippen molar-refractivity contribution in [3.63, 3.8) is 0 Å². The lowest BCUT2D eigenvalue weighted by atomic mass is 10.2. The third-order valence-electron chi connectivity index (χ3n) is 2.37. The Morgan fingerprint density at radius 3 is 2.28 bits per heavy atom. The van der Waals surface area contributed by atoms with Gasteiger partial charge in [-0.05, 0) is 20.3 Å². The van der Waals surface area contributed by atoms with Gasteiger partial charge < -0.3 is 15.0 Å². The number of carbonyl (C=O) groups excluding carboxylic acids is 2. The van der Waals surface area contributed by atoms with Gasteiger partial charge in [0.05, 0.1) is 0 Å². The number of nitrogens with zero attached hydrogens (tertiary/aromatic N) is 1. The maximum absolute atomic E-state index is 11.8. The van der Waals surface area contributed by atoms with Gasteiger partial charge in [0.15, 0.2) is 8.61 Å². The molecule has 8 heteroatoms. The SMILES string of the molecule is CCCC(=O)N[C@@H](C)C(=O)N([PH2]=O)[C@@H](C)C(=O)O. The first-order valence-corrected chi connectivity index (χ1v) is 6.63. The van der Waals surface area contributed by atoms with Crippen molar-refractivity contribution in [2.45, 2.75) is 45.7 Å². The number of carboxylic acids is 1. The van der Waals surface area contributed by atoms with Crippen LogP contribution in [0.25, 0.3) is 0 Å². The second-order valence-corrected chi connectivity index (χ2v) is 4.67. The summed E-state index contributed by atoms with van der Waals surface area (Å²) >= 11 is 0. The number of hydrogen-bond acceptors (Lipinski definition) is 4. The quantitative estimate of drug-likeness (QED) is 0.650. The average Bonchev–Trinajstić information content (AvgIpc) is 2.29. The minimum Gasteiger partial charge on any atom is -0.480 e. The Hall–Kier alpha value is -1.36. The fourth-order valence-electron chi connectivity index (χ4n) is 1.28. The molecular formula is C10H19N2O5P. The molecule has 0 saturated carbocycles. The summed E-state index contributed by atoms with van der Waals surface area (Å²) in [7, 11) is -1.70. The molecule has 0 spiro atoms. The van der Waals surface area contributed by atoms with E-state index in [0.717, 1.165) is 4.67 Å². The smallest absolute Gasteiger partial charge is 0.326 e. The van der Waals surface area contributed by atoms with Crippen molar-refractivity contribution in [3.05, 3.63) is 0 Å². The number of nitrogens with one attached hydrogen (secondary N) is 1. The maximum atomic E-state index is 11.8. The molecule has 0 rings (SSSR count). The van der Waals surface area contributed by atoms with E-state index in [2.05, 4.69) is 5.32 Å². The van der Waals surface area contributed by atoms with Gasteiger partial charge in [0.2, 0.25) is 5.91 Å². The number of carbonyl (C=O) groups is 3. The molecule has 0 aromatic rings. The summed E-state index contributed by atoms with van der Waals surface area (Å²) in [6.45, 7) is 4.53. The van der Waals surface area contributed by atoms with Crippen LogP contribution in [-0.4, -0.2) is 39.6 Å². The number of aliphatic carboxylic acids is 1. The van der Waals surface area contributed by atoms with E-state index in [9.17, 15) is 18.9 Å². The zero-order valence-corrected chi connectivity index (χ0v) is 11.8. The molecule has 2 N–H and O–H groups in total. The maximum Gasteiger partial charge on any atom is 0.326 e. The number of rotatable bonds is 7. The summed E-state index contributed by atoms with van der Waals surface area (Å²) < 4.78 is 11.7. The van der Waals surface area contributed by atoms with Crippen molar-refractivity contribution >= 4 is 26.4 Å². The van der Waals surface area contributed by atoms with E-state index < -0.39 is 32.6 Å². The first kappa shape index (κ1) is 16.6. The molecular weight excluding hydrogens is 259 g/mol. The van der Waals surface area contributed by atoms with Crippen LogP contribution in [0.2, 0.25) is 0 Å². The van der Waals surface area contributed by atoms with Crippen LogP contribution in [0, 0.1) is 0 Å². The Morgan fingerprint density at radius 1 is 1.33 bits per heavy atom. The summed E-state index contributed by atoms with van der Waals surface area (Å²) in [5, 5.41) is 11.2. The van der Waals surface area contributed by atoms with Gasteiger partial charge in [0.25, 0.3) is 5.91 Å². The van der Waals surface area contributed by atoms with E-state index in [1.165, 1.54) is 13.8 Å². The second-order valence-electron chi connectivity index (χ2n) is 3.90. The molecule has 1 unspecified atom stereocenters. The highest BCUT2D eigenvalue weighted by Gasteiger charge is 2.28. The first-order valence-electron chi connectivity index (χ1n) is 5.64. The minimum absolute atomic E-state index is 0.288. The van der Waals surface area contributed by atoms with E-state index in [1.54, 1.807) is 0 Å². The fourth-order valence-corrected chi connectivity index (χ4v) is 1.92. The first-order chi connectivity index (χ1) is 8.34. The summed E-state index contributed by atoms with van der Waals surface area (Å²) in [6.07, 6.45) is 0.936. The Labute approximate surface area is 107 Å². The summed E-state index contributed by atoms with van der Waals surface area (Å²) in [6, 6.07) is -2.05. The van der Waals surface area contributed by atoms with Crippen LogP contribution < -0.4 is 5.32 Å². The molecule has 0 radical (unpaired) electrons. The molecule has 0 bridgehead atoms. The zero-order valence-electron chi connectivity index (χ0n) is 10.7. The standard InChI is InChI=1S/C10H19N2O5P/c1-4-5-8(13)11-6(2)9(14)12(18-17)7(3)10(15)16/h6-7H,4-5,18H2,1-3H3,(H,11,13)(H,15,16)/t6-,7-/m0/s1. The molecule has 18 heavy (non-hydrogen) atoms. The van der Waals surface area contributed by atoms with E-state index >= 15 is 0 Å².